The fourth-order valence-corrected chi connectivity index (χ4v) is 3.91. The average molecular weight is 342 g/mol. The molecule has 19 heavy (non-hydrogen) atoms. The maximum absolute atomic E-state index is 3.81. The van der Waals surface area contributed by atoms with Gasteiger partial charge in [0.15, 0.2) is 0 Å². The Bertz CT molecular complexity index is 371. The number of rotatable bonds is 5. The summed E-state index contributed by atoms with van der Waals surface area (Å²) in [6, 6.07) is 9.99. The number of hydrogen-bond acceptors (Lipinski definition) is 2. The van der Waals surface area contributed by atoms with Crippen molar-refractivity contribution < 1.29 is 0 Å². The molecule has 1 saturated carbocycles. The van der Waals surface area contributed by atoms with Crippen molar-refractivity contribution in [3.05, 3.63) is 34.3 Å². The van der Waals surface area contributed by atoms with Crippen molar-refractivity contribution in [1.82, 2.24) is 5.32 Å². The molecule has 0 aliphatic heterocycles. The zero-order chi connectivity index (χ0) is 13.7. The molecular weight excluding hydrogens is 318 g/mol. The second-order valence-electron chi connectivity index (χ2n) is 5.61. The zero-order valence-corrected chi connectivity index (χ0v) is 14.3. The molecule has 0 aromatic heterocycles. The smallest absolute Gasteiger partial charge is 0.0175 e. The van der Waals surface area contributed by atoms with Crippen molar-refractivity contribution in [1.29, 1.82) is 0 Å². The lowest BCUT2D eigenvalue weighted by molar-refractivity contribution is 0.348. The number of nitrogens with one attached hydrogen (secondary N) is 1. The molecule has 0 radical (unpaired) electrons. The monoisotopic (exact) mass is 341 g/mol. The molecule has 2 rings (SSSR count). The standard InChI is InChI=1S/C16H24BrNS/c1-12(11-13-3-5-14(17)6-4-13)18-15-7-9-16(19-2)10-8-15/h3-6,12,15-16,18H,7-11H2,1-2H3. The fraction of sp³-hybridized carbons (Fsp3) is 0.625. The van der Waals surface area contributed by atoms with Gasteiger partial charge in [-0.25, -0.2) is 0 Å². The largest absolute Gasteiger partial charge is 0.311 e. The van der Waals surface area contributed by atoms with Gasteiger partial charge in [0.1, 0.15) is 0 Å². The summed E-state index contributed by atoms with van der Waals surface area (Å²) in [6.07, 6.45) is 8.81. The van der Waals surface area contributed by atoms with Gasteiger partial charge >= 0.3 is 0 Å². The summed E-state index contributed by atoms with van der Waals surface area (Å²) >= 11 is 5.52. The third-order valence-electron chi connectivity index (χ3n) is 3.98. The summed E-state index contributed by atoms with van der Waals surface area (Å²) < 4.78 is 1.16. The van der Waals surface area contributed by atoms with E-state index in [1.54, 1.807) is 0 Å². The van der Waals surface area contributed by atoms with Crippen LogP contribution < -0.4 is 5.32 Å². The first kappa shape index (κ1) is 15.4. The molecule has 1 aliphatic carbocycles. The normalized spacial score (nSPS) is 25.2. The number of benzene rings is 1. The predicted octanol–water partition coefficient (Wildman–Crippen LogP) is 4.64. The maximum Gasteiger partial charge on any atom is 0.0175 e. The van der Waals surface area contributed by atoms with Crippen molar-refractivity contribution in [2.75, 3.05) is 6.26 Å². The summed E-state index contributed by atoms with van der Waals surface area (Å²) in [5, 5.41) is 4.71. The highest BCUT2D eigenvalue weighted by Crippen LogP contribution is 2.27. The Morgan fingerprint density at radius 1 is 1.21 bits per heavy atom. The van der Waals surface area contributed by atoms with Crippen LogP contribution >= 0.6 is 27.7 Å². The summed E-state index contributed by atoms with van der Waals surface area (Å²) in [7, 11) is 0. The Morgan fingerprint density at radius 2 is 1.84 bits per heavy atom. The van der Waals surface area contributed by atoms with Gasteiger partial charge in [-0.1, -0.05) is 28.1 Å². The number of halogens is 1. The van der Waals surface area contributed by atoms with Crippen LogP contribution in [0.3, 0.4) is 0 Å². The van der Waals surface area contributed by atoms with Crippen LogP contribution in [0, 0.1) is 0 Å². The molecule has 1 aromatic carbocycles. The Kier molecular flexibility index (Phi) is 6.24. The molecule has 0 bridgehead atoms. The SMILES string of the molecule is CSC1CCC(NC(C)Cc2ccc(Br)cc2)CC1. The van der Waals surface area contributed by atoms with E-state index in [9.17, 15) is 0 Å². The van der Waals surface area contributed by atoms with Gasteiger partial charge in [0, 0.05) is 21.8 Å². The number of hydrogen-bond donors (Lipinski definition) is 1. The number of thioether (sulfide) groups is 1. The first-order chi connectivity index (χ1) is 9.17. The van der Waals surface area contributed by atoms with E-state index in [1.807, 2.05) is 11.8 Å². The topological polar surface area (TPSA) is 12.0 Å². The van der Waals surface area contributed by atoms with Crippen LogP contribution in [0.15, 0.2) is 28.7 Å². The van der Waals surface area contributed by atoms with Crippen LogP contribution in [0.2, 0.25) is 0 Å². The molecule has 0 amide bonds. The summed E-state index contributed by atoms with van der Waals surface area (Å²) in [4.78, 5) is 0. The van der Waals surface area contributed by atoms with Crippen molar-refractivity contribution >= 4 is 27.7 Å². The minimum Gasteiger partial charge on any atom is -0.311 e. The van der Waals surface area contributed by atoms with Crippen molar-refractivity contribution in [2.45, 2.75) is 56.4 Å². The summed E-state index contributed by atoms with van der Waals surface area (Å²) in [5.41, 5.74) is 1.42. The summed E-state index contributed by atoms with van der Waals surface area (Å²) in [5.74, 6) is 0. The fourth-order valence-electron chi connectivity index (χ4n) is 2.90. The highest BCUT2D eigenvalue weighted by molar-refractivity contribution is 9.10. The third-order valence-corrected chi connectivity index (χ3v) is 5.65. The lowest BCUT2D eigenvalue weighted by Crippen LogP contribution is -2.40. The first-order valence-corrected chi connectivity index (χ1v) is 9.28. The molecule has 0 spiro atoms. The van der Waals surface area contributed by atoms with E-state index in [1.165, 1.54) is 31.2 Å². The van der Waals surface area contributed by atoms with Crippen LogP contribution in [0.25, 0.3) is 0 Å². The first-order valence-electron chi connectivity index (χ1n) is 7.20. The Labute approximate surface area is 130 Å². The Hall–Kier alpha value is 0.01000. The van der Waals surface area contributed by atoms with E-state index in [0.717, 1.165) is 22.2 Å². The van der Waals surface area contributed by atoms with Gasteiger partial charge in [-0.05, 0) is 63.0 Å². The lowest BCUT2D eigenvalue weighted by Gasteiger charge is -2.30. The molecule has 0 heterocycles. The molecule has 106 valence electrons. The predicted molar refractivity (Wildman–Crippen MR) is 90.0 cm³/mol. The van der Waals surface area contributed by atoms with E-state index in [4.69, 9.17) is 0 Å². The minimum absolute atomic E-state index is 0.567. The zero-order valence-electron chi connectivity index (χ0n) is 11.9. The quantitative estimate of drug-likeness (QED) is 0.836. The highest BCUT2D eigenvalue weighted by Gasteiger charge is 2.21. The third kappa shape index (κ3) is 5.13. The molecule has 1 aromatic rings. The molecule has 1 fully saturated rings. The molecule has 1 nitrogen and oxygen atoms in total. The van der Waals surface area contributed by atoms with Crippen LogP contribution in [0.5, 0.6) is 0 Å². The average Bonchev–Trinajstić information content (AvgIpc) is 2.42. The van der Waals surface area contributed by atoms with Gasteiger partial charge in [0.2, 0.25) is 0 Å². The van der Waals surface area contributed by atoms with E-state index < -0.39 is 0 Å². The van der Waals surface area contributed by atoms with Gasteiger partial charge in [-0.2, -0.15) is 11.8 Å². The molecule has 3 heteroatoms. The molecule has 1 aliphatic rings. The van der Waals surface area contributed by atoms with Crippen molar-refractivity contribution in [3.8, 4) is 0 Å². The van der Waals surface area contributed by atoms with Gasteiger partial charge < -0.3 is 5.32 Å². The van der Waals surface area contributed by atoms with E-state index >= 15 is 0 Å². The second kappa shape index (κ2) is 7.70. The van der Waals surface area contributed by atoms with Crippen molar-refractivity contribution in [3.63, 3.8) is 0 Å². The van der Waals surface area contributed by atoms with Crippen molar-refractivity contribution in [2.24, 2.45) is 0 Å². The van der Waals surface area contributed by atoms with Crippen LogP contribution in [-0.2, 0) is 6.42 Å². The Morgan fingerprint density at radius 3 is 2.42 bits per heavy atom. The second-order valence-corrected chi connectivity index (χ2v) is 7.66. The molecule has 0 saturated heterocycles. The van der Waals surface area contributed by atoms with Gasteiger partial charge in [0.25, 0.3) is 0 Å². The molecule has 1 N–H and O–H groups in total. The maximum atomic E-state index is 3.81. The molecule has 1 unspecified atom stereocenters. The van der Waals surface area contributed by atoms with Crippen LogP contribution in [-0.4, -0.2) is 23.6 Å². The Balaban J connectivity index is 1.75. The summed E-state index contributed by atoms with van der Waals surface area (Å²) in [6.45, 7) is 2.31. The van der Waals surface area contributed by atoms with Gasteiger partial charge in [0.05, 0.1) is 0 Å². The van der Waals surface area contributed by atoms with Gasteiger partial charge in [-0.15, -0.1) is 0 Å². The van der Waals surface area contributed by atoms with Gasteiger partial charge in [-0.3, -0.25) is 0 Å². The molecule has 1 atom stereocenters. The van der Waals surface area contributed by atoms with Crippen LogP contribution in [0.1, 0.15) is 38.2 Å². The van der Waals surface area contributed by atoms with Crippen LogP contribution in [0.4, 0.5) is 0 Å². The molecular formula is C16H24BrNS. The lowest BCUT2D eigenvalue weighted by atomic mass is 9.94. The van der Waals surface area contributed by atoms with E-state index in [2.05, 4.69) is 58.7 Å². The van der Waals surface area contributed by atoms with E-state index in [0.29, 0.717) is 6.04 Å². The van der Waals surface area contributed by atoms with E-state index in [-0.39, 0.29) is 0 Å². The highest BCUT2D eigenvalue weighted by atomic mass is 79.9. The minimum atomic E-state index is 0.567.